The molecule has 0 bridgehead atoms. The number of carbonyl (C=O) groups is 2. The standard InChI is InChI=1S/C24H26N2O4/c1-2-3-14-30-19-11-8-17(9-12-19)10-13-23(27)26-22(24(28)29)15-18-16-25-21-7-5-4-6-20(18)21/h4-13,16,22,25H,2-3,14-15H2,1H3,(H,26,27)(H,28,29)/b13-10+. The summed E-state index contributed by atoms with van der Waals surface area (Å²) in [5.74, 6) is -0.740. The highest BCUT2D eigenvalue weighted by Crippen LogP contribution is 2.19. The second-order valence-corrected chi connectivity index (χ2v) is 7.07. The number of hydrogen-bond acceptors (Lipinski definition) is 3. The lowest BCUT2D eigenvalue weighted by molar-refractivity contribution is -0.141. The van der Waals surface area contributed by atoms with Gasteiger partial charge in [0.25, 0.3) is 0 Å². The molecule has 1 unspecified atom stereocenters. The summed E-state index contributed by atoms with van der Waals surface area (Å²) in [7, 11) is 0. The van der Waals surface area contributed by atoms with Gasteiger partial charge in [0, 0.05) is 29.6 Å². The summed E-state index contributed by atoms with van der Waals surface area (Å²) in [6, 6.07) is 14.1. The van der Waals surface area contributed by atoms with E-state index < -0.39 is 17.9 Å². The number of H-pyrrole nitrogens is 1. The number of benzene rings is 2. The van der Waals surface area contributed by atoms with Crippen molar-refractivity contribution in [3.63, 3.8) is 0 Å². The van der Waals surface area contributed by atoms with Crippen LogP contribution >= 0.6 is 0 Å². The van der Waals surface area contributed by atoms with Gasteiger partial charge in [-0.25, -0.2) is 4.79 Å². The normalized spacial score (nSPS) is 12.2. The average Bonchev–Trinajstić information content (AvgIpc) is 3.16. The van der Waals surface area contributed by atoms with E-state index in [1.165, 1.54) is 6.08 Å². The van der Waals surface area contributed by atoms with Crippen molar-refractivity contribution in [1.29, 1.82) is 0 Å². The number of aromatic nitrogens is 1. The molecule has 0 saturated heterocycles. The molecule has 0 fully saturated rings. The Labute approximate surface area is 175 Å². The molecular formula is C24H26N2O4. The van der Waals surface area contributed by atoms with Gasteiger partial charge in [0.05, 0.1) is 6.61 Å². The zero-order valence-corrected chi connectivity index (χ0v) is 16.9. The fourth-order valence-electron chi connectivity index (χ4n) is 3.12. The van der Waals surface area contributed by atoms with Gasteiger partial charge in [0.2, 0.25) is 5.91 Å². The highest BCUT2D eigenvalue weighted by molar-refractivity contribution is 5.94. The van der Waals surface area contributed by atoms with Crippen LogP contribution in [0.15, 0.2) is 60.8 Å². The fourth-order valence-corrected chi connectivity index (χ4v) is 3.12. The molecule has 1 atom stereocenters. The third kappa shape index (κ3) is 5.73. The largest absolute Gasteiger partial charge is 0.494 e. The third-order valence-electron chi connectivity index (χ3n) is 4.79. The average molecular weight is 406 g/mol. The lowest BCUT2D eigenvalue weighted by Crippen LogP contribution is -2.41. The minimum absolute atomic E-state index is 0.197. The fraction of sp³-hybridized carbons (Fsp3) is 0.250. The highest BCUT2D eigenvalue weighted by atomic mass is 16.5. The number of nitrogens with one attached hydrogen (secondary N) is 2. The highest BCUT2D eigenvalue weighted by Gasteiger charge is 2.21. The minimum atomic E-state index is -1.07. The number of carboxylic acid groups (broad SMARTS) is 1. The van der Waals surface area contributed by atoms with Crippen LogP contribution in [0.4, 0.5) is 0 Å². The molecule has 3 aromatic rings. The van der Waals surface area contributed by atoms with E-state index in [1.54, 1.807) is 12.3 Å². The number of para-hydroxylation sites is 1. The van der Waals surface area contributed by atoms with Crippen molar-refractivity contribution >= 4 is 28.9 Å². The van der Waals surface area contributed by atoms with E-state index >= 15 is 0 Å². The third-order valence-corrected chi connectivity index (χ3v) is 4.79. The molecule has 3 N–H and O–H groups in total. The van der Waals surface area contributed by atoms with Gasteiger partial charge in [-0.1, -0.05) is 43.7 Å². The topological polar surface area (TPSA) is 91.4 Å². The van der Waals surface area contributed by atoms with E-state index in [4.69, 9.17) is 4.74 Å². The molecule has 0 aliphatic carbocycles. The summed E-state index contributed by atoms with van der Waals surface area (Å²) in [6.45, 7) is 2.79. The zero-order chi connectivity index (χ0) is 21.3. The second kappa shape index (κ2) is 10.3. The van der Waals surface area contributed by atoms with Crippen LogP contribution in [-0.2, 0) is 16.0 Å². The van der Waals surface area contributed by atoms with Crippen molar-refractivity contribution in [3.8, 4) is 5.75 Å². The maximum Gasteiger partial charge on any atom is 0.326 e. The van der Waals surface area contributed by atoms with Gasteiger partial charge < -0.3 is 20.1 Å². The molecule has 156 valence electrons. The summed E-state index contributed by atoms with van der Waals surface area (Å²) in [4.78, 5) is 27.0. The molecule has 1 amide bonds. The number of ether oxygens (including phenoxy) is 1. The summed E-state index contributed by atoms with van der Waals surface area (Å²) in [5.41, 5.74) is 2.61. The Kier molecular flexibility index (Phi) is 7.27. The van der Waals surface area contributed by atoms with Crippen LogP contribution in [0, 0.1) is 0 Å². The number of aliphatic carboxylic acids is 1. The maximum atomic E-state index is 12.3. The van der Waals surface area contributed by atoms with Crippen LogP contribution in [0.1, 0.15) is 30.9 Å². The van der Waals surface area contributed by atoms with Gasteiger partial charge in [0.15, 0.2) is 0 Å². The molecule has 6 heteroatoms. The monoisotopic (exact) mass is 406 g/mol. The number of amides is 1. The maximum absolute atomic E-state index is 12.3. The van der Waals surface area contributed by atoms with Crippen molar-refractivity contribution in [2.75, 3.05) is 6.61 Å². The number of carbonyl (C=O) groups excluding carboxylic acids is 1. The summed E-state index contributed by atoms with van der Waals surface area (Å²) in [6.07, 6.45) is 7.06. The number of aromatic amines is 1. The lowest BCUT2D eigenvalue weighted by atomic mass is 10.0. The predicted molar refractivity (Wildman–Crippen MR) is 117 cm³/mol. The first kappa shape index (κ1) is 21.2. The molecule has 2 aromatic carbocycles. The molecule has 6 nitrogen and oxygen atoms in total. The molecule has 0 radical (unpaired) electrons. The van der Waals surface area contributed by atoms with Crippen LogP contribution in [0.25, 0.3) is 17.0 Å². The first-order valence-electron chi connectivity index (χ1n) is 10.1. The molecule has 30 heavy (non-hydrogen) atoms. The van der Waals surface area contributed by atoms with Crippen molar-refractivity contribution in [2.45, 2.75) is 32.2 Å². The van der Waals surface area contributed by atoms with E-state index in [0.29, 0.717) is 6.61 Å². The molecular weight excluding hydrogens is 380 g/mol. The van der Waals surface area contributed by atoms with Gasteiger partial charge >= 0.3 is 5.97 Å². The van der Waals surface area contributed by atoms with Crippen molar-refractivity contribution in [2.24, 2.45) is 0 Å². The Morgan fingerprint density at radius 1 is 1.17 bits per heavy atom. The Hall–Kier alpha value is -3.54. The summed E-state index contributed by atoms with van der Waals surface area (Å²) >= 11 is 0. The minimum Gasteiger partial charge on any atom is -0.494 e. The van der Waals surface area contributed by atoms with Crippen molar-refractivity contribution in [3.05, 3.63) is 71.9 Å². The van der Waals surface area contributed by atoms with E-state index in [1.807, 2.05) is 48.5 Å². The number of fused-ring (bicyclic) bond motifs is 1. The first-order valence-corrected chi connectivity index (χ1v) is 10.1. The number of rotatable bonds is 10. The van der Waals surface area contributed by atoms with Crippen LogP contribution in [0.3, 0.4) is 0 Å². The van der Waals surface area contributed by atoms with E-state index in [0.717, 1.165) is 40.6 Å². The van der Waals surface area contributed by atoms with E-state index in [2.05, 4.69) is 17.2 Å². The Morgan fingerprint density at radius 3 is 2.67 bits per heavy atom. The molecule has 1 heterocycles. The molecule has 0 spiro atoms. The Morgan fingerprint density at radius 2 is 1.93 bits per heavy atom. The zero-order valence-electron chi connectivity index (χ0n) is 16.9. The summed E-state index contributed by atoms with van der Waals surface area (Å²) in [5, 5.41) is 13.1. The van der Waals surface area contributed by atoms with Crippen molar-refractivity contribution in [1.82, 2.24) is 10.3 Å². The molecule has 3 rings (SSSR count). The summed E-state index contributed by atoms with van der Waals surface area (Å²) < 4.78 is 5.62. The molecule has 0 aliphatic rings. The van der Waals surface area contributed by atoms with Gasteiger partial charge in [-0.05, 0) is 41.8 Å². The first-order chi connectivity index (χ1) is 14.6. The van der Waals surface area contributed by atoms with Crippen molar-refractivity contribution < 1.29 is 19.4 Å². The number of unbranched alkanes of at least 4 members (excludes halogenated alkanes) is 1. The van der Waals surface area contributed by atoms with Crippen LogP contribution in [0.2, 0.25) is 0 Å². The Bertz CT molecular complexity index is 1020. The number of hydrogen-bond donors (Lipinski definition) is 3. The van der Waals surface area contributed by atoms with Gasteiger partial charge in [-0.2, -0.15) is 0 Å². The lowest BCUT2D eigenvalue weighted by Gasteiger charge is -2.13. The van der Waals surface area contributed by atoms with Gasteiger partial charge in [0.1, 0.15) is 11.8 Å². The predicted octanol–water partition coefficient (Wildman–Crippen LogP) is 4.17. The Balaban J connectivity index is 1.59. The molecule has 0 saturated carbocycles. The number of carboxylic acids is 1. The van der Waals surface area contributed by atoms with Gasteiger partial charge in [-0.15, -0.1) is 0 Å². The van der Waals surface area contributed by atoms with E-state index in [-0.39, 0.29) is 6.42 Å². The molecule has 0 aliphatic heterocycles. The smallest absolute Gasteiger partial charge is 0.326 e. The molecule has 1 aromatic heterocycles. The van der Waals surface area contributed by atoms with Gasteiger partial charge in [-0.3, -0.25) is 4.79 Å². The quantitative estimate of drug-likeness (QED) is 0.348. The second-order valence-electron chi connectivity index (χ2n) is 7.07. The van der Waals surface area contributed by atoms with Crippen LogP contribution in [-0.4, -0.2) is 34.6 Å². The van der Waals surface area contributed by atoms with E-state index in [9.17, 15) is 14.7 Å². The van der Waals surface area contributed by atoms with Crippen LogP contribution in [0.5, 0.6) is 5.75 Å². The SMILES string of the molecule is CCCCOc1ccc(/C=C/C(=O)NC(Cc2c[nH]c3ccccc23)C(=O)O)cc1. The van der Waals surface area contributed by atoms with Crippen LogP contribution < -0.4 is 10.1 Å².